The zero-order valence-corrected chi connectivity index (χ0v) is 10.5. The largest absolute Gasteiger partial charge is 0.481 e. The van der Waals surface area contributed by atoms with Crippen molar-refractivity contribution < 1.29 is 19.5 Å². The Morgan fingerprint density at radius 1 is 1.33 bits per heavy atom. The van der Waals surface area contributed by atoms with Gasteiger partial charge in [-0.05, 0) is 19.8 Å². The van der Waals surface area contributed by atoms with E-state index in [2.05, 4.69) is 0 Å². The van der Waals surface area contributed by atoms with Gasteiger partial charge in [-0.3, -0.25) is 9.59 Å². The number of carbonyl (C=O) groups excluding carboxylic acids is 2. The Kier molecular flexibility index (Phi) is 4.94. The molecule has 1 aliphatic rings. The van der Waals surface area contributed by atoms with Crippen molar-refractivity contribution in [2.45, 2.75) is 19.8 Å². The Labute approximate surface area is 106 Å². The lowest BCUT2D eigenvalue weighted by Gasteiger charge is -2.33. The molecule has 1 rings (SSSR count). The monoisotopic (exact) mass is 257 g/mol. The summed E-state index contributed by atoms with van der Waals surface area (Å²) in [6.07, 6.45) is 0.907. The van der Waals surface area contributed by atoms with Gasteiger partial charge in [0.1, 0.15) is 6.54 Å². The van der Waals surface area contributed by atoms with E-state index in [1.807, 2.05) is 0 Å². The van der Waals surface area contributed by atoms with Crippen LogP contribution in [-0.2, 0) is 9.59 Å². The molecule has 18 heavy (non-hydrogen) atoms. The SMILES string of the molecule is CCN(CC(N)=O)C(=O)N1CCC(C(=O)O)CC1. The molecule has 3 N–H and O–H groups in total. The third-order valence-electron chi connectivity index (χ3n) is 3.11. The van der Waals surface area contributed by atoms with Gasteiger partial charge in [0.25, 0.3) is 0 Å². The first-order chi connectivity index (χ1) is 8.45. The number of carboxylic acid groups (broad SMARTS) is 1. The predicted octanol–water partition coefficient (Wildman–Crippen LogP) is -0.290. The second-order valence-electron chi connectivity index (χ2n) is 4.36. The number of carbonyl (C=O) groups is 3. The van der Waals surface area contributed by atoms with Gasteiger partial charge in [-0.2, -0.15) is 0 Å². The number of likely N-dealkylation sites (tertiary alicyclic amines) is 1. The zero-order chi connectivity index (χ0) is 13.7. The molecule has 0 aromatic heterocycles. The number of nitrogens with zero attached hydrogens (tertiary/aromatic N) is 2. The molecule has 0 radical (unpaired) electrons. The Morgan fingerprint density at radius 3 is 2.28 bits per heavy atom. The van der Waals surface area contributed by atoms with Gasteiger partial charge in [-0.25, -0.2) is 4.79 Å². The molecule has 1 saturated heterocycles. The number of aliphatic carboxylic acids is 1. The van der Waals surface area contributed by atoms with Crippen molar-refractivity contribution in [3.63, 3.8) is 0 Å². The first kappa shape index (κ1) is 14.3. The fourth-order valence-electron chi connectivity index (χ4n) is 2.02. The normalized spacial score (nSPS) is 16.4. The number of carboxylic acids is 1. The van der Waals surface area contributed by atoms with Crippen molar-refractivity contribution in [2.24, 2.45) is 11.7 Å². The average molecular weight is 257 g/mol. The Hall–Kier alpha value is -1.79. The predicted molar refractivity (Wildman–Crippen MR) is 63.8 cm³/mol. The quantitative estimate of drug-likeness (QED) is 0.722. The van der Waals surface area contributed by atoms with E-state index >= 15 is 0 Å². The highest BCUT2D eigenvalue weighted by atomic mass is 16.4. The van der Waals surface area contributed by atoms with Crippen molar-refractivity contribution >= 4 is 17.9 Å². The van der Waals surface area contributed by atoms with Gasteiger partial charge < -0.3 is 20.6 Å². The first-order valence-corrected chi connectivity index (χ1v) is 6.00. The fraction of sp³-hybridized carbons (Fsp3) is 0.727. The summed E-state index contributed by atoms with van der Waals surface area (Å²) < 4.78 is 0. The lowest BCUT2D eigenvalue weighted by Crippen LogP contribution is -2.49. The molecule has 102 valence electrons. The van der Waals surface area contributed by atoms with Gasteiger partial charge in [0.05, 0.1) is 5.92 Å². The molecule has 7 nitrogen and oxygen atoms in total. The number of nitrogens with two attached hydrogens (primary N) is 1. The molecule has 0 bridgehead atoms. The van der Waals surface area contributed by atoms with Gasteiger partial charge in [0.15, 0.2) is 0 Å². The highest BCUT2D eigenvalue weighted by molar-refractivity contribution is 5.83. The topological polar surface area (TPSA) is 104 Å². The van der Waals surface area contributed by atoms with Crippen molar-refractivity contribution in [1.29, 1.82) is 0 Å². The van der Waals surface area contributed by atoms with Crippen LogP contribution in [0.15, 0.2) is 0 Å². The summed E-state index contributed by atoms with van der Waals surface area (Å²) in [6.45, 7) is 2.88. The molecule has 3 amide bonds. The van der Waals surface area contributed by atoms with E-state index in [-0.39, 0.29) is 18.5 Å². The molecule has 0 aromatic carbocycles. The van der Waals surface area contributed by atoms with Gasteiger partial charge in [0.2, 0.25) is 5.91 Å². The van der Waals surface area contributed by atoms with Crippen LogP contribution < -0.4 is 5.73 Å². The Morgan fingerprint density at radius 2 is 1.89 bits per heavy atom. The van der Waals surface area contributed by atoms with Crippen LogP contribution in [0.25, 0.3) is 0 Å². The van der Waals surface area contributed by atoms with Crippen molar-refractivity contribution in [1.82, 2.24) is 9.80 Å². The number of primary amides is 1. The maximum Gasteiger partial charge on any atom is 0.320 e. The fourth-order valence-corrected chi connectivity index (χ4v) is 2.02. The Balaban J connectivity index is 2.52. The lowest BCUT2D eigenvalue weighted by molar-refractivity contribution is -0.143. The third kappa shape index (κ3) is 3.61. The number of hydrogen-bond acceptors (Lipinski definition) is 3. The summed E-state index contributed by atoms with van der Waals surface area (Å²) in [6, 6.07) is -0.250. The first-order valence-electron chi connectivity index (χ1n) is 6.00. The molecule has 0 saturated carbocycles. The summed E-state index contributed by atoms with van der Waals surface area (Å²) in [5.41, 5.74) is 5.07. The summed E-state index contributed by atoms with van der Waals surface area (Å²) >= 11 is 0. The number of rotatable bonds is 4. The highest BCUT2D eigenvalue weighted by Gasteiger charge is 2.29. The minimum Gasteiger partial charge on any atom is -0.481 e. The summed E-state index contributed by atoms with van der Waals surface area (Å²) in [5.74, 6) is -1.74. The van der Waals surface area contributed by atoms with Crippen molar-refractivity contribution in [3.05, 3.63) is 0 Å². The second-order valence-corrected chi connectivity index (χ2v) is 4.36. The Bertz CT molecular complexity index is 337. The number of amides is 3. The average Bonchev–Trinajstić information content (AvgIpc) is 2.35. The summed E-state index contributed by atoms with van der Waals surface area (Å²) in [5, 5.41) is 8.86. The second kappa shape index (κ2) is 6.23. The number of hydrogen-bond donors (Lipinski definition) is 2. The lowest BCUT2D eigenvalue weighted by atomic mass is 9.97. The number of likely N-dealkylation sites (N-methyl/N-ethyl adjacent to an activating group) is 1. The van der Waals surface area contributed by atoms with Crippen molar-refractivity contribution in [3.8, 4) is 0 Å². The van der Waals surface area contributed by atoms with Crippen LogP contribution in [0.3, 0.4) is 0 Å². The minimum absolute atomic E-state index is 0.103. The molecular weight excluding hydrogens is 238 g/mol. The molecule has 1 heterocycles. The molecule has 1 aliphatic heterocycles. The van der Waals surface area contributed by atoms with Crippen LogP contribution in [0.1, 0.15) is 19.8 Å². The molecule has 1 fully saturated rings. The van der Waals surface area contributed by atoms with Gasteiger partial charge >= 0.3 is 12.0 Å². The van der Waals surface area contributed by atoms with Crippen LogP contribution in [0.2, 0.25) is 0 Å². The summed E-state index contributed by atoms with van der Waals surface area (Å²) in [7, 11) is 0. The minimum atomic E-state index is -0.813. The summed E-state index contributed by atoms with van der Waals surface area (Å²) in [4.78, 5) is 36.6. The number of piperidine rings is 1. The van der Waals surface area contributed by atoms with Crippen LogP contribution in [0.5, 0.6) is 0 Å². The molecule has 0 unspecified atom stereocenters. The highest BCUT2D eigenvalue weighted by Crippen LogP contribution is 2.18. The van der Waals surface area contributed by atoms with E-state index < -0.39 is 11.9 Å². The molecular formula is C11H19N3O4. The van der Waals surface area contributed by atoms with Gasteiger partial charge in [-0.1, -0.05) is 0 Å². The van der Waals surface area contributed by atoms with Gasteiger partial charge in [-0.15, -0.1) is 0 Å². The molecule has 0 aliphatic carbocycles. The molecule has 7 heteroatoms. The van der Waals surface area contributed by atoms with E-state index in [1.165, 1.54) is 4.90 Å². The van der Waals surface area contributed by atoms with Crippen LogP contribution in [-0.4, -0.2) is 59.0 Å². The van der Waals surface area contributed by atoms with Crippen LogP contribution >= 0.6 is 0 Å². The van der Waals surface area contributed by atoms with E-state index in [4.69, 9.17) is 10.8 Å². The smallest absolute Gasteiger partial charge is 0.320 e. The van der Waals surface area contributed by atoms with Gasteiger partial charge in [0, 0.05) is 19.6 Å². The maximum absolute atomic E-state index is 12.0. The van der Waals surface area contributed by atoms with E-state index in [9.17, 15) is 14.4 Å². The standard InChI is InChI=1S/C11H19N3O4/c1-2-13(7-9(12)15)11(18)14-5-3-8(4-6-14)10(16)17/h8H,2-7H2,1H3,(H2,12,15)(H,16,17). The van der Waals surface area contributed by atoms with E-state index in [1.54, 1.807) is 11.8 Å². The molecule has 0 spiro atoms. The maximum atomic E-state index is 12.0. The van der Waals surface area contributed by atoms with Crippen LogP contribution in [0, 0.1) is 5.92 Å². The molecule has 0 atom stereocenters. The van der Waals surface area contributed by atoms with Crippen molar-refractivity contribution in [2.75, 3.05) is 26.2 Å². The number of urea groups is 1. The van der Waals surface area contributed by atoms with E-state index in [0.717, 1.165) is 0 Å². The van der Waals surface area contributed by atoms with Crippen LogP contribution in [0.4, 0.5) is 4.79 Å². The zero-order valence-electron chi connectivity index (χ0n) is 10.5. The van der Waals surface area contributed by atoms with E-state index in [0.29, 0.717) is 32.5 Å². The third-order valence-corrected chi connectivity index (χ3v) is 3.11. The molecule has 0 aromatic rings.